The topological polar surface area (TPSA) is 78.4 Å². The molecule has 0 aromatic carbocycles. The second kappa shape index (κ2) is 6.06. The van der Waals surface area contributed by atoms with Gasteiger partial charge in [-0.1, -0.05) is 26.8 Å². The number of carbonyl (C=O) groups excluding carboxylic acids is 1. The average molecular weight is 284 g/mol. The highest BCUT2D eigenvalue weighted by Crippen LogP contribution is 2.20. The molecule has 0 spiro atoms. The van der Waals surface area contributed by atoms with Crippen molar-refractivity contribution in [1.82, 2.24) is 10.6 Å². The van der Waals surface area contributed by atoms with Gasteiger partial charge >= 0.3 is 12.0 Å². The number of aliphatic carboxylic acids is 1. The van der Waals surface area contributed by atoms with Gasteiger partial charge in [0, 0.05) is 4.88 Å². The van der Waals surface area contributed by atoms with Gasteiger partial charge in [0.05, 0.1) is 6.04 Å². The lowest BCUT2D eigenvalue weighted by atomic mass is 9.87. The molecule has 0 aliphatic rings. The molecular weight excluding hydrogens is 264 g/mol. The third-order valence-corrected chi connectivity index (χ3v) is 3.76. The number of carboxylic acids is 1. The van der Waals surface area contributed by atoms with E-state index in [4.69, 9.17) is 5.11 Å². The Morgan fingerprint density at radius 1 is 1.32 bits per heavy atom. The molecule has 1 heterocycles. The number of amides is 2. The predicted molar refractivity (Wildman–Crippen MR) is 75.3 cm³/mol. The molecule has 2 atom stereocenters. The number of carbonyl (C=O) groups is 2. The average Bonchev–Trinajstić information content (AvgIpc) is 2.77. The van der Waals surface area contributed by atoms with Gasteiger partial charge in [-0.15, -0.1) is 11.3 Å². The molecule has 1 aromatic heterocycles. The molecule has 0 saturated heterocycles. The molecule has 1 unspecified atom stereocenters. The molecule has 3 N–H and O–H groups in total. The second-order valence-electron chi connectivity index (χ2n) is 5.49. The van der Waals surface area contributed by atoms with Crippen molar-refractivity contribution < 1.29 is 14.7 Å². The van der Waals surface area contributed by atoms with Gasteiger partial charge in [-0.2, -0.15) is 0 Å². The number of rotatable bonds is 4. The minimum Gasteiger partial charge on any atom is -0.480 e. The van der Waals surface area contributed by atoms with Gasteiger partial charge in [0.25, 0.3) is 0 Å². The van der Waals surface area contributed by atoms with Crippen molar-refractivity contribution in [2.75, 3.05) is 0 Å². The summed E-state index contributed by atoms with van der Waals surface area (Å²) < 4.78 is 0. The van der Waals surface area contributed by atoms with Crippen LogP contribution in [0.4, 0.5) is 4.79 Å². The maximum atomic E-state index is 11.8. The lowest BCUT2D eigenvalue weighted by Crippen LogP contribution is -2.52. The van der Waals surface area contributed by atoms with Crippen LogP contribution in [0.2, 0.25) is 0 Å². The van der Waals surface area contributed by atoms with E-state index >= 15 is 0 Å². The first-order valence-corrected chi connectivity index (χ1v) is 6.93. The van der Waals surface area contributed by atoms with E-state index in [2.05, 4.69) is 10.6 Å². The van der Waals surface area contributed by atoms with Gasteiger partial charge in [-0.3, -0.25) is 0 Å². The summed E-state index contributed by atoms with van der Waals surface area (Å²) in [7, 11) is 0. The Balaban J connectivity index is 2.61. The summed E-state index contributed by atoms with van der Waals surface area (Å²) in [5, 5.41) is 16.3. The van der Waals surface area contributed by atoms with Gasteiger partial charge < -0.3 is 15.7 Å². The Kier molecular flexibility index (Phi) is 4.94. The van der Waals surface area contributed by atoms with Crippen LogP contribution in [0, 0.1) is 5.41 Å². The Morgan fingerprint density at radius 3 is 2.37 bits per heavy atom. The molecule has 0 aliphatic heterocycles. The standard InChI is InChI=1S/C13H20N2O3S/c1-8(9-6-5-7-19-9)14-12(18)15-10(11(16)17)13(2,3)4/h5-8,10H,1-4H3,(H,16,17)(H2,14,15,18)/t8?,10-/m0/s1. The van der Waals surface area contributed by atoms with E-state index in [1.165, 1.54) is 0 Å². The summed E-state index contributed by atoms with van der Waals surface area (Å²) in [5.41, 5.74) is -0.546. The van der Waals surface area contributed by atoms with Crippen LogP contribution in [0.1, 0.15) is 38.6 Å². The van der Waals surface area contributed by atoms with Crippen molar-refractivity contribution in [3.8, 4) is 0 Å². The maximum Gasteiger partial charge on any atom is 0.326 e. The highest BCUT2D eigenvalue weighted by molar-refractivity contribution is 7.10. The molecule has 0 aliphatic carbocycles. The van der Waals surface area contributed by atoms with Crippen molar-refractivity contribution in [2.45, 2.75) is 39.8 Å². The van der Waals surface area contributed by atoms with E-state index in [0.717, 1.165) is 4.88 Å². The van der Waals surface area contributed by atoms with Gasteiger partial charge in [-0.25, -0.2) is 9.59 Å². The first-order valence-electron chi connectivity index (χ1n) is 6.05. The Hall–Kier alpha value is -1.56. The summed E-state index contributed by atoms with van der Waals surface area (Å²) in [6.45, 7) is 7.18. The van der Waals surface area contributed by atoms with Crippen molar-refractivity contribution >= 4 is 23.3 Å². The maximum absolute atomic E-state index is 11.8. The predicted octanol–water partition coefficient (Wildman–Crippen LogP) is 2.61. The molecule has 5 nitrogen and oxygen atoms in total. The molecule has 19 heavy (non-hydrogen) atoms. The van der Waals surface area contributed by atoms with Gasteiger partial charge in [0.15, 0.2) is 0 Å². The van der Waals surface area contributed by atoms with Crippen LogP contribution < -0.4 is 10.6 Å². The lowest BCUT2D eigenvalue weighted by molar-refractivity contribution is -0.141. The van der Waals surface area contributed by atoms with Crippen LogP contribution in [0.25, 0.3) is 0 Å². The minimum absolute atomic E-state index is 0.144. The lowest BCUT2D eigenvalue weighted by Gasteiger charge is -2.28. The van der Waals surface area contributed by atoms with E-state index in [9.17, 15) is 9.59 Å². The first-order chi connectivity index (χ1) is 8.71. The number of hydrogen-bond acceptors (Lipinski definition) is 3. The largest absolute Gasteiger partial charge is 0.480 e. The van der Waals surface area contributed by atoms with Crippen LogP contribution in [0.5, 0.6) is 0 Å². The summed E-state index contributed by atoms with van der Waals surface area (Å²) in [4.78, 5) is 24.0. The number of nitrogens with one attached hydrogen (secondary N) is 2. The van der Waals surface area contributed by atoms with Crippen molar-refractivity contribution in [2.24, 2.45) is 5.41 Å². The summed E-state index contributed by atoms with van der Waals surface area (Å²) in [6, 6.07) is 2.29. The molecule has 0 radical (unpaired) electrons. The highest BCUT2D eigenvalue weighted by atomic mass is 32.1. The monoisotopic (exact) mass is 284 g/mol. The molecule has 0 fully saturated rings. The molecule has 0 bridgehead atoms. The Morgan fingerprint density at radius 2 is 1.95 bits per heavy atom. The van der Waals surface area contributed by atoms with Gasteiger partial charge in [-0.05, 0) is 23.8 Å². The SMILES string of the molecule is CC(NC(=O)N[C@@H](C(=O)O)C(C)(C)C)c1cccs1. The smallest absolute Gasteiger partial charge is 0.326 e. The van der Waals surface area contributed by atoms with E-state index in [1.807, 2.05) is 24.4 Å². The minimum atomic E-state index is -1.04. The fourth-order valence-corrected chi connectivity index (χ4v) is 2.36. The molecule has 1 rings (SSSR count). The zero-order valence-electron chi connectivity index (χ0n) is 11.6. The van der Waals surface area contributed by atoms with Crippen LogP contribution in [-0.2, 0) is 4.79 Å². The molecule has 0 saturated carbocycles. The first kappa shape index (κ1) is 15.5. The van der Waals surface area contributed by atoms with E-state index in [-0.39, 0.29) is 6.04 Å². The van der Waals surface area contributed by atoms with Crippen LogP contribution in [-0.4, -0.2) is 23.1 Å². The number of urea groups is 1. The summed E-state index contributed by atoms with van der Waals surface area (Å²) >= 11 is 1.54. The fourth-order valence-electron chi connectivity index (χ4n) is 1.63. The zero-order chi connectivity index (χ0) is 14.6. The third kappa shape index (κ3) is 4.55. The Bertz CT molecular complexity index is 437. The summed E-state index contributed by atoms with van der Waals surface area (Å²) in [5.74, 6) is -1.04. The van der Waals surface area contributed by atoms with Crippen molar-refractivity contribution in [3.63, 3.8) is 0 Å². The number of thiophene rings is 1. The van der Waals surface area contributed by atoms with Crippen LogP contribution in [0.15, 0.2) is 17.5 Å². The van der Waals surface area contributed by atoms with Crippen molar-refractivity contribution in [1.29, 1.82) is 0 Å². The van der Waals surface area contributed by atoms with Crippen LogP contribution >= 0.6 is 11.3 Å². The van der Waals surface area contributed by atoms with E-state index < -0.39 is 23.5 Å². The molecule has 6 heteroatoms. The third-order valence-electron chi connectivity index (χ3n) is 2.71. The molecule has 106 valence electrons. The molecule has 2 amide bonds. The zero-order valence-corrected chi connectivity index (χ0v) is 12.4. The highest BCUT2D eigenvalue weighted by Gasteiger charge is 2.32. The van der Waals surface area contributed by atoms with Crippen LogP contribution in [0.3, 0.4) is 0 Å². The Labute approximate surface area is 117 Å². The van der Waals surface area contributed by atoms with E-state index in [0.29, 0.717) is 0 Å². The number of hydrogen-bond donors (Lipinski definition) is 3. The fraction of sp³-hybridized carbons (Fsp3) is 0.538. The second-order valence-corrected chi connectivity index (χ2v) is 6.47. The number of carboxylic acid groups (broad SMARTS) is 1. The molecular formula is C13H20N2O3S. The quantitative estimate of drug-likeness (QED) is 0.795. The molecule has 1 aromatic rings. The van der Waals surface area contributed by atoms with Crippen molar-refractivity contribution in [3.05, 3.63) is 22.4 Å². The normalized spacial score (nSPS) is 14.5. The van der Waals surface area contributed by atoms with Gasteiger partial charge in [0.1, 0.15) is 6.04 Å². The summed E-state index contributed by atoms with van der Waals surface area (Å²) in [6.07, 6.45) is 0. The van der Waals surface area contributed by atoms with Gasteiger partial charge in [0.2, 0.25) is 0 Å². The van der Waals surface area contributed by atoms with E-state index in [1.54, 1.807) is 32.1 Å².